The highest BCUT2D eigenvalue weighted by atomic mass is 31.2. The summed E-state index contributed by atoms with van der Waals surface area (Å²) in [4.78, 5) is 72.8. The molecule has 104 heavy (non-hydrogen) atoms. The van der Waals surface area contributed by atoms with Crippen LogP contribution in [-0.4, -0.2) is 96.7 Å². The van der Waals surface area contributed by atoms with Crippen LogP contribution in [0.4, 0.5) is 0 Å². The van der Waals surface area contributed by atoms with E-state index in [9.17, 15) is 43.2 Å². The van der Waals surface area contributed by atoms with Gasteiger partial charge in [-0.1, -0.05) is 273 Å². The Morgan fingerprint density at radius 1 is 0.288 bits per heavy atom. The summed E-state index contributed by atoms with van der Waals surface area (Å²) in [5.41, 5.74) is 0. The Morgan fingerprint density at radius 3 is 0.923 bits per heavy atom. The molecular formula is C85H134O17P2. The number of allylic oxidation sites excluding steroid dienone is 31. The first kappa shape index (κ1) is 97.9. The third-order valence-corrected chi connectivity index (χ3v) is 17.0. The third kappa shape index (κ3) is 74.2. The molecule has 19 heteroatoms. The van der Waals surface area contributed by atoms with Crippen LogP contribution in [0.25, 0.3) is 0 Å². The third-order valence-electron chi connectivity index (χ3n) is 15.1. The maximum absolute atomic E-state index is 13.1. The highest BCUT2D eigenvalue weighted by molar-refractivity contribution is 7.47. The van der Waals surface area contributed by atoms with Crippen molar-refractivity contribution < 1.29 is 80.2 Å². The van der Waals surface area contributed by atoms with Gasteiger partial charge in [-0.2, -0.15) is 0 Å². The number of carbonyl (C=O) groups excluding carboxylic acids is 4. The Bertz CT molecular complexity index is 2740. The normalized spacial score (nSPS) is 15.0. The summed E-state index contributed by atoms with van der Waals surface area (Å²) >= 11 is 0. The summed E-state index contributed by atoms with van der Waals surface area (Å²) in [5.74, 6) is -2.50. The van der Waals surface area contributed by atoms with E-state index in [1.54, 1.807) is 6.08 Å². The molecule has 0 aromatic heterocycles. The van der Waals surface area contributed by atoms with Crippen molar-refractivity contribution in [1.82, 2.24) is 0 Å². The Kier molecular flexibility index (Phi) is 70.7. The highest BCUT2D eigenvalue weighted by Crippen LogP contribution is 2.45. The number of aliphatic hydroxyl groups is 1. The molecule has 0 rings (SSSR count). The molecule has 0 spiro atoms. The molecule has 0 amide bonds. The van der Waals surface area contributed by atoms with Gasteiger partial charge in [-0.05, 0) is 154 Å². The minimum absolute atomic E-state index is 0.0135. The number of ether oxygens (including phenoxy) is 4. The van der Waals surface area contributed by atoms with Crippen molar-refractivity contribution in [2.45, 2.75) is 277 Å². The van der Waals surface area contributed by atoms with Crippen LogP contribution in [-0.2, 0) is 65.4 Å². The molecule has 0 aromatic carbocycles. The summed E-state index contributed by atoms with van der Waals surface area (Å²) in [5, 5.41) is 10.6. The van der Waals surface area contributed by atoms with Gasteiger partial charge in [-0.3, -0.25) is 37.3 Å². The van der Waals surface area contributed by atoms with Crippen molar-refractivity contribution >= 4 is 39.5 Å². The quantitative estimate of drug-likeness (QED) is 0.0169. The van der Waals surface area contributed by atoms with Crippen LogP contribution in [0.2, 0.25) is 0 Å². The zero-order valence-corrected chi connectivity index (χ0v) is 65.6. The number of carbonyl (C=O) groups is 4. The second-order valence-corrected chi connectivity index (χ2v) is 27.7. The number of rotatable bonds is 70. The topological polar surface area (TPSA) is 237 Å². The van der Waals surface area contributed by atoms with Crippen LogP contribution < -0.4 is 0 Å². The van der Waals surface area contributed by atoms with Crippen molar-refractivity contribution in [3.8, 4) is 0 Å². The average molecular weight is 1490 g/mol. The predicted molar refractivity (Wildman–Crippen MR) is 426 cm³/mol. The lowest BCUT2D eigenvalue weighted by molar-refractivity contribution is -0.161. The molecule has 0 aliphatic carbocycles. The second-order valence-electron chi connectivity index (χ2n) is 24.8. The van der Waals surface area contributed by atoms with Gasteiger partial charge in [0.05, 0.1) is 32.8 Å². The monoisotopic (exact) mass is 1490 g/mol. The van der Waals surface area contributed by atoms with E-state index in [0.717, 1.165) is 128 Å². The molecular weight excluding hydrogens is 1350 g/mol. The molecule has 0 fully saturated rings. The molecule has 0 bridgehead atoms. The smallest absolute Gasteiger partial charge is 0.462 e. The van der Waals surface area contributed by atoms with E-state index in [4.69, 9.17) is 37.0 Å². The highest BCUT2D eigenvalue weighted by Gasteiger charge is 2.30. The van der Waals surface area contributed by atoms with E-state index in [1.165, 1.54) is 38.5 Å². The first-order valence-corrected chi connectivity index (χ1v) is 41.7. The molecule has 0 aliphatic heterocycles. The zero-order chi connectivity index (χ0) is 76.0. The van der Waals surface area contributed by atoms with Crippen LogP contribution in [0.1, 0.15) is 259 Å². The van der Waals surface area contributed by atoms with E-state index >= 15 is 0 Å². The Balaban J connectivity index is 5.55. The number of aliphatic hydroxyl groups excluding tert-OH is 1. The van der Waals surface area contributed by atoms with E-state index in [2.05, 4.69) is 174 Å². The molecule has 0 aromatic rings. The van der Waals surface area contributed by atoms with E-state index < -0.39 is 97.5 Å². The molecule has 5 atom stereocenters. The molecule has 0 saturated carbocycles. The van der Waals surface area contributed by atoms with Crippen molar-refractivity contribution in [2.75, 3.05) is 39.6 Å². The SMILES string of the molecule is CC/C=C\C/C=C\C/C=C\C/C=C\C/C=C\C/C=C\CCC(=O)OCC(COP(=O)(O)OCC(O)COP(=O)(O)OCC(COC(=O)C/C=C\C/C=C\C/C=C\C/C=C\C/C=C\CC)OC(=O)CCCC/C=C\C/C=C\C/C=C\C/C=C\CC)OC(=O)CCCCCCC/C=C\CCCCCCCC. The Morgan fingerprint density at radius 2 is 0.558 bits per heavy atom. The van der Waals surface area contributed by atoms with Gasteiger partial charge in [-0.25, -0.2) is 9.13 Å². The lowest BCUT2D eigenvalue weighted by Gasteiger charge is -2.21. The zero-order valence-electron chi connectivity index (χ0n) is 63.9. The van der Waals surface area contributed by atoms with Gasteiger partial charge in [0.2, 0.25) is 0 Å². The average Bonchev–Trinajstić information content (AvgIpc) is 0.918. The van der Waals surface area contributed by atoms with Gasteiger partial charge in [0.25, 0.3) is 0 Å². The minimum atomic E-state index is -5.02. The number of esters is 4. The van der Waals surface area contributed by atoms with Crippen LogP contribution in [0, 0.1) is 0 Å². The Labute approximate surface area is 627 Å². The first-order chi connectivity index (χ1) is 50.7. The molecule has 0 heterocycles. The maximum atomic E-state index is 13.1. The maximum Gasteiger partial charge on any atom is 0.472 e. The largest absolute Gasteiger partial charge is 0.472 e. The van der Waals surface area contributed by atoms with Crippen molar-refractivity contribution in [1.29, 1.82) is 0 Å². The van der Waals surface area contributed by atoms with Crippen molar-refractivity contribution in [2.24, 2.45) is 0 Å². The number of hydrogen-bond donors (Lipinski definition) is 3. The fourth-order valence-corrected chi connectivity index (χ4v) is 10.9. The Hall–Kier alpha value is -6.10. The minimum Gasteiger partial charge on any atom is -0.462 e. The van der Waals surface area contributed by atoms with Gasteiger partial charge >= 0.3 is 39.5 Å². The summed E-state index contributed by atoms with van der Waals surface area (Å²) in [6.45, 7) is 4.22. The number of phosphoric acid groups is 2. The molecule has 17 nitrogen and oxygen atoms in total. The number of phosphoric ester groups is 2. The fraction of sp³-hybridized carbons (Fsp3) is 0.576. The summed E-state index contributed by atoms with van der Waals surface area (Å²) in [6.07, 6.45) is 91.9. The lowest BCUT2D eigenvalue weighted by Crippen LogP contribution is -2.30. The predicted octanol–water partition coefficient (Wildman–Crippen LogP) is 22.5. The molecule has 0 aliphatic rings. The summed E-state index contributed by atoms with van der Waals surface area (Å²) in [7, 11) is -10.0. The number of unbranched alkanes of at least 4 members (excludes halogenated alkanes) is 13. The first-order valence-electron chi connectivity index (χ1n) is 38.7. The summed E-state index contributed by atoms with van der Waals surface area (Å²) in [6, 6.07) is 0. The van der Waals surface area contributed by atoms with Crippen LogP contribution in [0.3, 0.4) is 0 Å². The van der Waals surface area contributed by atoms with Crippen molar-refractivity contribution in [3.05, 3.63) is 194 Å². The lowest BCUT2D eigenvalue weighted by atomic mass is 10.1. The summed E-state index contributed by atoms with van der Waals surface area (Å²) < 4.78 is 68.3. The van der Waals surface area contributed by atoms with E-state index in [-0.39, 0.29) is 25.7 Å². The van der Waals surface area contributed by atoms with E-state index in [1.807, 2.05) is 42.5 Å². The van der Waals surface area contributed by atoms with Gasteiger partial charge in [0.1, 0.15) is 19.3 Å². The van der Waals surface area contributed by atoms with Crippen LogP contribution >= 0.6 is 15.6 Å². The molecule has 5 unspecified atom stereocenters. The standard InChI is InChI=1S/C85H134O17P2/c1-5-9-13-17-21-25-29-33-37-38-39-40-44-46-50-54-58-62-66-70-83(88)96-76-81(102-85(90)72-68-64-60-56-52-48-43-36-32-28-24-20-16-12-8-4)78-100-104(93,94)98-74-79(86)73-97-103(91,92)99-77-80(101-84(89)71-67-63-59-55-51-47-42-35-31-27-23-19-15-11-7-3)75-95-82(87)69-65-61-57-53-49-45-41-34-30-26-22-18-14-10-6-2/h9-11,13-15,21-23,25-27,33-37,39-43,46,49-51,53,55,58,61-62,65,79-81,86H,5-8,12,16-20,24,28-32,38,44-45,47-48,52,54,56-57,59-60,63-64,66-78H2,1-4H3,(H,91,92)(H,93,94)/b13-9-,14-10-,15-11-,25-21-,26-22-,27-23-,37-33-,40-39-,41-34-,42-35-,43-36-,50-46-,53-49-,55-51-,62-58-,65-61-. The molecule has 3 N–H and O–H groups in total. The van der Waals surface area contributed by atoms with Crippen LogP contribution in [0.5, 0.6) is 0 Å². The van der Waals surface area contributed by atoms with Gasteiger partial charge in [-0.15, -0.1) is 0 Å². The van der Waals surface area contributed by atoms with Gasteiger partial charge in [0, 0.05) is 19.3 Å². The van der Waals surface area contributed by atoms with Gasteiger partial charge in [0.15, 0.2) is 12.2 Å². The van der Waals surface area contributed by atoms with Gasteiger partial charge < -0.3 is 33.8 Å². The molecule has 0 saturated heterocycles. The molecule has 586 valence electrons. The molecule has 0 radical (unpaired) electrons. The van der Waals surface area contributed by atoms with E-state index in [0.29, 0.717) is 38.5 Å². The van der Waals surface area contributed by atoms with Crippen LogP contribution in [0.15, 0.2) is 194 Å². The fourth-order valence-electron chi connectivity index (χ4n) is 9.30. The number of hydrogen-bond acceptors (Lipinski definition) is 15. The van der Waals surface area contributed by atoms with Crippen molar-refractivity contribution in [3.63, 3.8) is 0 Å². The second kappa shape index (κ2) is 75.1.